The molecule has 2 aliphatic rings. The van der Waals surface area contributed by atoms with E-state index in [-0.39, 0.29) is 23.9 Å². The topological polar surface area (TPSA) is 99.3 Å². The van der Waals surface area contributed by atoms with Gasteiger partial charge in [0, 0.05) is 49.2 Å². The van der Waals surface area contributed by atoms with Crippen molar-refractivity contribution in [2.75, 3.05) is 18.9 Å². The molecule has 4 rings (SSSR count). The summed E-state index contributed by atoms with van der Waals surface area (Å²) in [5, 5.41) is 9.12. The fourth-order valence-electron chi connectivity index (χ4n) is 3.78. The predicted octanol–water partition coefficient (Wildman–Crippen LogP) is 2.08. The first-order valence-electron chi connectivity index (χ1n) is 10.5. The van der Waals surface area contributed by atoms with E-state index in [1.807, 2.05) is 37.4 Å². The van der Waals surface area contributed by atoms with E-state index in [0.29, 0.717) is 30.5 Å². The van der Waals surface area contributed by atoms with Gasteiger partial charge in [-0.05, 0) is 44.9 Å². The van der Waals surface area contributed by atoms with Gasteiger partial charge in [-0.3, -0.25) is 14.5 Å². The fraction of sp³-hybridized carbons (Fsp3) is 0.455. The van der Waals surface area contributed by atoms with Gasteiger partial charge in [0.25, 0.3) is 5.91 Å². The third-order valence-corrected chi connectivity index (χ3v) is 5.79. The van der Waals surface area contributed by atoms with Crippen molar-refractivity contribution in [1.82, 2.24) is 25.5 Å². The van der Waals surface area contributed by atoms with E-state index >= 15 is 0 Å². The Morgan fingerprint density at radius 3 is 2.43 bits per heavy atom. The number of hydrogen-bond acceptors (Lipinski definition) is 6. The highest BCUT2D eigenvalue weighted by molar-refractivity contribution is 5.93. The SMILES string of the molecule is CN1[C@@H](CC(=O)NC2CC2)CC[C@H]1CNC(=O)c1cnc(Nc2ccccc2)nc1. The molecular weight excluding hydrogens is 380 g/mol. The number of likely N-dealkylation sites (tertiary alicyclic amines) is 1. The maximum atomic E-state index is 12.5. The Balaban J connectivity index is 1.23. The highest BCUT2D eigenvalue weighted by Gasteiger charge is 2.33. The maximum absolute atomic E-state index is 12.5. The van der Waals surface area contributed by atoms with Gasteiger partial charge in [0.1, 0.15) is 0 Å². The Morgan fingerprint density at radius 2 is 1.73 bits per heavy atom. The number of rotatable bonds is 8. The highest BCUT2D eigenvalue weighted by Crippen LogP contribution is 2.25. The molecule has 1 saturated carbocycles. The molecule has 8 nitrogen and oxygen atoms in total. The molecule has 158 valence electrons. The number of aromatic nitrogens is 2. The van der Waals surface area contributed by atoms with Gasteiger partial charge >= 0.3 is 0 Å². The fourth-order valence-corrected chi connectivity index (χ4v) is 3.78. The first kappa shape index (κ1) is 20.3. The third kappa shape index (κ3) is 5.33. The lowest BCUT2D eigenvalue weighted by Gasteiger charge is -2.25. The molecule has 0 radical (unpaired) electrons. The summed E-state index contributed by atoms with van der Waals surface area (Å²) in [5.41, 5.74) is 1.31. The number of amides is 2. The van der Waals surface area contributed by atoms with Crippen LogP contribution < -0.4 is 16.0 Å². The molecule has 2 amide bonds. The zero-order chi connectivity index (χ0) is 20.9. The Hall–Kier alpha value is -3.00. The number of carbonyl (C=O) groups is 2. The van der Waals surface area contributed by atoms with Crippen molar-refractivity contribution >= 4 is 23.5 Å². The summed E-state index contributed by atoms with van der Waals surface area (Å²) in [5.74, 6) is 0.394. The molecule has 2 aromatic rings. The van der Waals surface area contributed by atoms with E-state index < -0.39 is 0 Å². The number of likely N-dealkylation sites (N-methyl/N-ethyl adjacent to an activating group) is 1. The lowest BCUT2D eigenvalue weighted by molar-refractivity contribution is -0.122. The van der Waals surface area contributed by atoms with E-state index in [9.17, 15) is 9.59 Å². The number of para-hydroxylation sites is 1. The summed E-state index contributed by atoms with van der Waals surface area (Å²) in [4.78, 5) is 35.2. The summed E-state index contributed by atoms with van der Waals surface area (Å²) < 4.78 is 0. The van der Waals surface area contributed by atoms with Crippen LogP contribution in [0.3, 0.4) is 0 Å². The van der Waals surface area contributed by atoms with Gasteiger partial charge in [-0.25, -0.2) is 9.97 Å². The van der Waals surface area contributed by atoms with Crippen LogP contribution in [-0.2, 0) is 4.79 Å². The summed E-state index contributed by atoms with van der Waals surface area (Å²) in [6, 6.07) is 10.5. The Labute approximate surface area is 176 Å². The zero-order valence-corrected chi connectivity index (χ0v) is 17.2. The Kier molecular flexibility index (Phi) is 6.23. The zero-order valence-electron chi connectivity index (χ0n) is 17.2. The van der Waals surface area contributed by atoms with Gasteiger partial charge in [0.05, 0.1) is 5.56 Å². The van der Waals surface area contributed by atoms with Crippen molar-refractivity contribution in [3.05, 3.63) is 48.3 Å². The largest absolute Gasteiger partial charge is 0.353 e. The van der Waals surface area contributed by atoms with Crippen molar-refractivity contribution in [3.63, 3.8) is 0 Å². The molecule has 1 saturated heterocycles. The van der Waals surface area contributed by atoms with Crippen molar-refractivity contribution in [1.29, 1.82) is 0 Å². The van der Waals surface area contributed by atoms with Crippen LogP contribution in [0, 0.1) is 0 Å². The Bertz CT molecular complexity index is 869. The van der Waals surface area contributed by atoms with Crippen LogP contribution in [-0.4, -0.2) is 58.4 Å². The number of nitrogens with zero attached hydrogens (tertiary/aromatic N) is 3. The summed E-state index contributed by atoms with van der Waals surface area (Å²) in [6.07, 6.45) is 7.73. The first-order chi connectivity index (χ1) is 14.6. The molecular formula is C22H28N6O2. The third-order valence-electron chi connectivity index (χ3n) is 5.79. The van der Waals surface area contributed by atoms with Gasteiger partial charge in [-0.15, -0.1) is 0 Å². The second-order valence-corrected chi connectivity index (χ2v) is 8.09. The molecule has 1 aromatic carbocycles. The summed E-state index contributed by atoms with van der Waals surface area (Å²) >= 11 is 0. The molecule has 0 bridgehead atoms. The van der Waals surface area contributed by atoms with E-state index in [0.717, 1.165) is 31.4 Å². The molecule has 1 aliphatic heterocycles. The van der Waals surface area contributed by atoms with Gasteiger partial charge in [-0.1, -0.05) is 18.2 Å². The normalized spacial score (nSPS) is 21.2. The summed E-state index contributed by atoms with van der Waals surface area (Å²) in [7, 11) is 2.03. The van der Waals surface area contributed by atoms with Crippen molar-refractivity contribution in [2.45, 2.75) is 50.2 Å². The van der Waals surface area contributed by atoms with Gasteiger partial charge in [0.15, 0.2) is 0 Å². The molecule has 2 fully saturated rings. The predicted molar refractivity (Wildman–Crippen MR) is 114 cm³/mol. The molecule has 2 atom stereocenters. The molecule has 2 heterocycles. The van der Waals surface area contributed by atoms with Gasteiger partial charge in [0.2, 0.25) is 11.9 Å². The minimum atomic E-state index is -0.190. The molecule has 1 aliphatic carbocycles. The van der Waals surface area contributed by atoms with Crippen LogP contribution in [0.2, 0.25) is 0 Å². The smallest absolute Gasteiger partial charge is 0.254 e. The van der Waals surface area contributed by atoms with E-state index in [2.05, 4.69) is 30.8 Å². The monoisotopic (exact) mass is 408 g/mol. The molecule has 0 unspecified atom stereocenters. The van der Waals surface area contributed by atoms with E-state index in [1.165, 1.54) is 12.4 Å². The van der Waals surface area contributed by atoms with Crippen LogP contribution in [0.1, 0.15) is 42.5 Å². The maximum Gasteiger partial charge on any atom is 0.254 e. The second-order valence-electron chi connectivity index (χ2n) is 8.09. The lowest BCUT2D eigenvalue weighted by Crippen LogP contribution is -2.42. The van der Waals surface area contributed by atoms with Crippen molar-refractivity contribution in [2.24, 2.45) is 0 Å². The van der Waals surface area contributed by atoms with Crippen LogP contribution in [0.25, 0.3) is 0 Å². The minimum absolute atomic E-state index is 0.139. The van der Waals surface area contributed by atoms with Crippen molar-refractivity contribution < 1.29 is 9.59 Å². The molecule has 3 N–H and O–H groups in total. The number of benzene rings is 1. The quantitative estimate of drug-likeness (QED) is 0.619. The average Bonchev–Trinajstić information content (AvgIpc) is 3.50. The molecule has 1 aromatic heterocycles. The number of hydrogen-bond donors (Lipinski definition) is 3. The lowest BCUT2D eigenvalue weighted by atomic mass is 10.1. The first-order valence-corrected chi connectivity index (χ1v) is 10.5. The molecule has 30 heavy (non-hydrogen) atoms. The highest BCUT2D eigenvalue weighted by atomic mass is 16.2. The average molecular weight is 409 g/mol. The van der Waals surface area contributed by atoms with Crippen LogP contribution in [0.15, 0.2) is 42.7 Å². The standard InChI is InChI=1S/C22H28N6O2/c1-28-18(11-20(29)26-17-7-8-17)9-10-19(28)14-23-21(30)15-12-24-22(25-13-15)27-16-5-3-2-4-6-16/h2-6,12-13,17-19H,7-11,14H2,1H3,(H,23,30)(H,26,29)(H,24,25,27)/t18-,19+/m1/s1. The number of anilines is 2. The molecule has 0 spiro atoms. The van der Waals surface area contributed by atoms with Crippen molar-refractivity contribution in [3.8, 4) is 0 Å². The van der Waals surface area contributed by atoms with Gasteiger partial charge < -0.3 is 16.0 Å². The van der Waals surface area contributed by atoms with E-state index in [1.54, 1.807) is 0 Å². The van der Waals surface area contributed by atoms with Crippen LogP contribution >= 0.6 is 0 Å². The number of carbonyl (C=O) groups excluding carboxylic acids is 2. The second kappa shape index (κ2) is 9.21. The van der Waals surface area contributed by atoms with Crippen LogP contribution in [0.4, 0.5) is 11.6 Å². The minimum Gasteiger partial charge on any atom is -0.353 e. The van der Waals surface area contributed by atoms with Crippen LogP contribution in [0.5, 0.6) is 0 Å². The van der Waals surface area contributed by atoms with E-state index in [4.69, 9.17) is 0 Å². The Morgan fingerprint density at radius 1 is 1.03 bits per heavy atom. The molecule has 8 heteroatoms. The summed E-state index contributed by atoms with van der Waals surface area (Å²) in [6.45, 7) is 0.542. The van der Waals surface area contributed by atoms with Gasteiger partial charge in [-0.2, -0.15) is 0 Å². The number of nitrogens with one attached hydrogen (secondary N) is 3.